The molecule has 1 heterocycles. The first kappa shape index (κ1) is 11.7. The van der Waals surface area contributed by atoms with Gasteiger partial charge in [0.25, 0.3) is 0 Å². The average molecular weight is 255 g/mol. The van der Waals surface area contributed by atoms with E-state index in [9.17, 15) is 9.59 Å². The van der Waals surface area contributed by atoms with Crippen LogP contribution in [0.25, 0.3) is 0 Å². The summed E-state index contributed by atoms with van der Waals surface area (Å²) in [6.45, 7) is 1.23. The van der Waals surface area contributed by atoms with Crippen LogP contribution in [0.5, 0.6) is 0 Å². The van der Waals surface area contributed by atoms with Crippen molar-refractivity contribution in [2.24, 2.45) is 0 Å². The van der Waals surface area contributed by atoms with Gasteiger partial charge < -0.3 is 15.3 Å². The van der Waals surface area contributed by atoms with Crippen molar-refractivity contribution in [1.82, 2.24) is 5.32 Å². The van der Waals surface area contributed by atoms with Gasteiger partial charge in [-0.15, -0.1) is 0 Å². The molecule has 1 aromatic rings. The molecule has 1 fully saturated rings. The molecule has 2 rings (SSSR count). The maximum atomic E-state index is 11.3. The van der Waals surface area contributed by atoms with Gasteiger partial charge in [0.1, 0.15) is 5.56 Å². The second kappa shape index (κ2) is 4.63. The Morgan fingerprint density at radius 2 is 2.24 bits per heavy atom. The molecule has 0 aliphatic carbocycles. The molecule has 17 heavy (non-hydrogen) atoms. The minimum atomic E-state index is -1.09. The van der Waals surface area contributed by atoms with E-state index in [1.54, 1.807) is 17.0 Å². The number of anilines is 1. The number of hydrogen-bond donors (Lipinski definition) is 2. The van der Waals surface area contributed by atoms with Crippen molar-refractivity contribution in [2.75, 3.05) is 24.5 Å². The summed E-state index contributed by atoms with van der Waals surface area (Å²) in [7, 11) is 0. The summed E-state index contributed by atoms with van der Waals surface area (Å²) in [4.78, 5) is 24.2. The predicted octanol–water partition coefficient (Wildman–Crippen LogP) is 0.974. The van der Waals surface area contributed by atoms with Gasteiger partial charge in [0.05, 0.1) is 17.3 Å². The fourth-order valence-corrected chi connectivity index (χ4v) is 2.08. The molecule has 1 aliphatic heterocycles. The number of hydrogen-bond acceptors (Lipinski definition) is 3. The van der Waals surface area contributed by atoms with Gasteiger partial charge >= 0.3 is 5.97 Å². The lowest BCUT2D eigenvalue weighted by atomic mass is 10.1. The lowest BCUT2D eigenvalue weighted by Crippen LogP contribution is -2.48. The number of carbonyl (C=O) groups is 2. The second-order valence-electron chi connectivity index (χ2n) is 3.71. The van der Waals surface area contributed by atoms with Crippen molar-refractivity contribution in [1.29, 1.82) is 0 Å². The highest BCUT2D eigenvalue weighted by Gasteiger charge is 2.23. The number of rotatable bonds is 2. The van der Waals surface area contributed by atoms with E-state index in [0.29, 0.717) is 18.8 Å². The Morgan fingerprint density at radius 1 is 1.47 bits per heavy atom. The fourth-order valence-electron chi connectivity index (χ4n) is 1.83. The molecule has 1 aromatic carbocycles. The molecule has 0 bridgehead atoms. The molecule has 0 radical (unpaired) electrons. The van der Waals surface area contributed by atoms with E-state index in [0.717, 1.165) is 0 Å². The Kier molecular flexibility index (Phi) is 3.19. The molecule has 1 aliphatic rings. The Morgan fingerprint density at radius 3 is 2.88 bits per heavy atom. The summed E-state index contributed by atoms with van der Waals surface area (Å²) >= 11 is 5.87. The topological polar surface area (TPSA) is 69.6 Å². The van der Waals surface area contributed by atoms with Crippen molar-refractivity contribution < 1.29 is 14.7 Å². The monoisotopic (exact) mass is 254 g/mol. The molecule has 5 nitrogen and oxygen atoms in total. The highest BCUT2D eigenvalue weighted by molar-refractivity contribution is 6.34. The molecular formula is C11H11ClN2O3. The molecule has 0 spiro atoms. The second-order valence-corrected chi connectivity index (χ2v) is 4.12. The van der Waals surface area contributed by atoms with Crippen LogP contribution < -0.4 is 10.2 Å². The molecule has 1 saturated heterocycles. The number of amides is 1. The number of benzene rings is 1. The van der Waals surface area contributed by atoms with Crippen molar-refractivity contribution >= 4 is 29.2 Å². The zero-order valence-electron chi connectivity index (χ0n) is 8.94. The summed E-state index contributed by atoms with van der Waals surface area (Å²) in [6.07, 6.45) is 0. The molecule has 90 valence electrons. The maximum Gasteiger partial charge on any atom is 0.339 e. The van der Waals surface area contributed by atoms with Gasteiger partial charge in [-0.1, -0.05) is 17.7 Å². The number of piperazine rings is 1. The smallest absolute Gasteiger partial charge is 0.339 e. The lowest BCUT2D eigenvalue weighted by Gasteiger charge is -2.29. The van der Waals surface area contributed by atoms with Crippen LogP contribution in [0.4, 0.5) is 5.69 Å². The fraction of sp³-hybridized carbons (Fsp3) is 0.273. The molecule has 1 amide bonds. The summed E-state index contributed by atoms with van der Waals surface area (Å²) in [5.74, 6) is -1.20. The zero-order chi connectivity index (χ0) is 12.4. The molecule has 2 N–H and O–H groups in total. The Bertz CT molecular complexity index is 476. The normalized spacial score (nSPS) is 15.6. The third-order valence-electron chi connectivity index (χ3n) is 2.58. The molecule has 0 unspecified atom stereocenters. The maximum absolute atomic E-state index is 11.3. The van der Waals surface area contributed by atoms with Crippen LogP contribution in [0.3, 0.4) is 0 Å². The van der Waals surface area contributed by atoms with Gasteiger partial charge in [-0.2, -0.15) is 0 Å². The predicted molar refractivity (Wildman–Crippen MR) is 63.6 cm³/mol. The third kappa shape index (κ3) is 2.34. The molecule has 0 atom stereocenters. The van der Waals surface area contributed by atoms with Crippen LogP contribution >= 0.6 is 11.6 Å². The van der Waals surface area contributed by atoms with Crippen LogP contribution in [-0.4, -0.2) is 36.6 Å². The summed E-state index contributed by atoms with van der Waals surface area (Å²) in [5, 5.41) is 12.0. The van der Waals surface area contributed by atoms with Crippen LogP contribution in [-0.2, 0) is 4.79 Å². The van der Waals surface area contributed by atoms with E-state index in [2.05, 4.69) is 5.32 Å². The Hall–Kier alpha value is -1.75. The van der Waals surface area contributed by atoms with Crippen molar-refractivity contribution in [3.05, 3.63) is 28.8 Å². The Labute approximate surface area is 103 Å². The molecular weight excluding hydrogens is 244 g/mol. The number of halogens is 1. The average Bonchev–Trinajstić information content (AvgIpc) is 2.28. The van der Waals surface area contributed by atoms with Crippen LogP contribution in [0.1, 0.15) is 10.4 Å². The third-order valence-corrected chi connectivity index (χ3v) is 2.90. The van der Waals surface area contributed by atoms with E-state index in [-0.39, 0.29) is 23.0 Å². The van der Waals surface area contributed by atoms with Crippen LogP contribution in [0.15, 0.2) is 18.2 Å². The van der Waals surface area contributed by atoms with Gasteiger partial charge in [0, 0.05) is 13.1 Å². The highest BCUT2D eigenvalue weighted by Crippen LogP contribution is 2.27. The number of nitrogens with zero attached hydrogens (tertiary/aromatic N) is 1. The standard InChI is InChI=1S/C11H11ClN2O3/c12-7-2-1-3-8(10(7)11(16)17)14-5-4-13-9(15)6-14/h1-3H,4-6H2,(H,13,15)(H,16,17). The largest absolute Gasteiger partial charge is 0.478 e. The first-order valence-corrected chi connectivity index (χ1v) is 5.51. The van der Waals surface area contributed by atoms with E-state index < -0.39 is 5.97 Å². The molecule has 0 saturated carbocycles. The number of nitrogens with one attached hydrogen (secondary N) is 1. The summed E-state index contributed by atoms with van der Waals surface area (Å²) in [6, 6.07) is 4.86. The lowest BCUT2D eigenvalue weighted by molar-refractivity contribution is -0.120. The number of carboxylic acid groups (broad SMARTS) is 1. The van der Waals surface area contributed by atoms with E-state index in [4.69, 9.17) is 16.7 Å². The summed E-state index contributed by atoms with van der Waals surface area (Å²) < 4.78 is 0. The Balaban J connectivity index is 2.40. The van der Waals surface area contributed by atoms with Crippen molar-refractivity contribution in [3.63, 3.8) is 0 Å². The van der Waals surface area contributed by atoms with Gasteiger partial charge in [-0.3, -0.25) is 4.79 Å². The molecule has 0 aromatic heterocycles. The van der Waals surface area contributed by atoms with E-state index >= 15 is 0 Å². The van der Waals surface area contributed by atoms with Crippen molar-refractivity contribution in [2.45, 2.75) is 0 Å². The number of aromatic carboxylic acids is 1. The minimum Gasteiger partial charge on any atom is -0.478 e. The minimum absolute atomic E-state index is 0.0452. The van der Waals surface area contributed by atoms with Crippen LogP contribution in [0, 0.1) is 0 Å². The summed E-state index contributed by atoms with van der Waals surface area (Å²) in [5.41, 5.74) is 0.531. The van der Waals surface area contributed by atoms with Gasteiger partial charge in [0.2, 0.25) is 5.91 Å². The zero-order valence-corrected chi connectivity index (χ0v) is 9.70. The van der Waals surface area contributed by atoms with Gasteiger partial charge in [-0.05, 0) is 12.1 Å². The first-order valence-electron chi connectivity index (χ1n) is 5.13. The van der Waals surface area contributed by atoms with Crippen LogP contribution in [0.2, 0.25) is 5.02 Å². The van der Waals surface area contributed by atoms with E-state index in [1.807, 2.05) is 0 Å². The van der Waals surface area contributed by atoms with E-state index in [1.165, 1.54) is 6.07 Å². The first-order chi connectivity index (χ1) is 8.09. The van der Waals surface area contributed by atoms with Gasteiger partial charge in [-0.25, -0.2) is 4.79 Å². The quantitative estimate of drug-likeness (QED) is 0.825. The number of carboxylic acids is 1. The molecule has 6 heteroatoms. The SMILES string of the molecule is O=C1CN(c2cccc(Cl)c2C(=O)O)CCN1. The van der Waals surface area contributed by atoms with Crippen molar-refractivity contribution in [3.8, 4) is 0 Å². The highest BCUT2D eigenvalue weighted by atomic mass is 35.5. The van der Waals surface area contributed by atoms with Gasteiger partial charge in [0.15, 0.2) is 0 Å². The number of carbonyl (C=O) groups excluding carboxylic acids is 1.